The van der Waals surface area contributed by atoms with Crippen molar-refractivity contribution in [3.63, 3.8) is 0 Å². The van der Waals surface area contributed by atoms with Gasteiger partial charge in [0.2, 0.25) is 0 Å². The maximum atomic E-state index is 13.8. The van der Waals surface area contributed by atoms with Crippen LogP contribution in [0.2, 0.25) is 0 Å². The van der Waals surface area contributed by atoms with Gasteiger partial charge in [-0.3, -0.25) is 23.7 Å². The van der Waals surface area contributed by atoms with Gasteiger partial charge >= 0.3 is 19.4 Å². The zero-order valence-corrected chi connectivity index (χ0v) is 21.9. The van der Waals surface area contributed by atoms with Gasteiger partial charge in [0, 0.05) is 12.3 Å². The van der Waals surface area contributed by atoms with Gasteiger partial charge in [-0.15, -0.1) is 6.42 Å². The predicted molar refractivity (Wildman–Crippen MR) is 134 cm³/mol. The molecule has 2 aromatic rings. The molecular weight excluding hydrogens is 521 g/mol. The minimum Gasteiger partial charge on any atom is -0.462 e. The third-order valence-corrected chi connectivity index (χ3v) is 7.12. The molecule has 1 aromatic heterocycles. The number of aliphatic hydroxyl groups excluding tert-OH is 1. The van der Waals surface area contributed by atoms with Gasteiger partial charge < -0.3 is 24.2 Å². The molecule has 13 nitrogen and oxygen atoms in total. The molecule has 0 bridgehead atoms. The van der Waals surface area contributed by atoms with Crippen molar-refractivity contribution >= 4 is 13.7 Å². The summed E-state index contributed by atoms with van der Waals surface area (Å²) in [5, 5.41) is 24.3. The molecule has 4 N–H and O–H groups in total. The van der Waals surface area contributed by atoms with Gasteiger partial charge in [-0.05, 0) is 32.4 Å². The summed E-state index contributed by atoms with van der Waals surface area (Å²) in [6.45, 7) is 4.34. The van der Waals surface area contributed by atoms with Crippen molar-refractivity contribution < 1.29 is 38.1 Å². The van der Waals surface area contributed by atoms with Crippen LogP contribution in [-0.2, 0) is 23.4 Å². The molecule has 14 heteroatoms. The zero-order valence-electron chi connectivity index (χ0n) is 21.0. The number of H-pyrrole nitrogens is 1. The average molecular weight is 551 g/mol. The molecule has 1 aliphatic heterocycles. The first-order valence-corrected chi connectivity index (χ1v) is 13.3. The lowest BCUT2D eigenvalue weighted by atomic mass is 9.95. The largest absolute Gasteiger partial charge is 0.462 e. The Bertz CT molecular complexity index is 1320. The van der Waals surface area contributed by atoms with Crippen molar-refractivity contribution in [1.29, 1.82) is 0 Å². The van der Waals surface area contributed by atoms with Gasteiger partial charge in [0.15, 0.2) is 11.8 Å². The van der Waals surface area contributed by atoms with Crippen molar-refractivity contribution in [2.45, 2.75) is 63.4 Å². The number of carbonyl (C=O) groups is 1. The molecule has 0 radical (unpaired) electrons. The lowest BCUT2D eigenvalue weighted by molar-refractivity contribution is -0.149. The Kier molecular flexibility index (Phi) is 9.32. The maximum Gasteiger partial charge on any atom is 0.459 e. The number of terminal acetylenes is 1. The fraction of sp³-hybridized carbons (Fsp3) is 0.458. The van der Waals surface area contributed by atoms with E-state index in [1.54, 1.807) is 39.0 Å². The summed E-state index contributed by atoms with van der Waals surface area (Å²) >= 11 is 0. The number of nitrogens with zero attached hydrogens (tertiary/aromatic N) is 1. The van der Waals surface area contributed by atoms with E-state index in [9.17, 15) is 29.2 Å². The summed E-state index contributed by atoms with van der Waals surface area (Å²) in [6, 6.07) is 7.94. The number of hydrogen-bond acceptors (Lipinski definition) is 10. The van der Waals surface area contributed by atoms with E-state index in [0.717, 1.165) is 16.8 Å². The van der Waals surface area contributed by atoms with Gasteiger partial charge in [-0.2, -0.15) is 5.09 Å². The number of benzene rings is 1. The molecule has 2 heterocycles. The monoisotopic (exact) mass is 551 g/mol. The Morgan fingerprint density at radius 3 is 2.58 bits per heavy atom. The molecule has 206 valence electrons. The molecule has 3 rings (SSSR count). The van der Waals surface area contributed by atoms with Crippen LogP contribution in [0, 0.1) is 12.3 Å². The molecule has 1 fully saturated rings. The summed E-state index contributed by atoms with van der Waals surface area (Å²) in [6.07, 6.45) is 1.42. The van der Waals surface area contributed by atoms with E-state index in [1.807, 2.05) is 10.9 Å². The van der Waals surface area contributed by atoms with E-state index in [1.165, 1.54) is 12.1 Å². The Morgan fingerprint density at radius 2 is 2.00 bits per heavy atom. The van der Waals surface area contributed by atoms with E-state index in [4.69, 9.17) is 24.9 Å². The smallest absolute Gasteiger partial charge is 0.459 e. The molecule has 1 saturated heterocycles. The number of esters is 1. The lowest BCUT2D eigenvalue weighted by Crippen LogP contribution is -2.48. The topological polar surface area (TPSA) is 178 Å². The summed E-state index contributed by atoms with van der Waals surface area (Å²) in [7, 11) is -4.34. The first-order valence-electron chi connectivity index (χ1n) is 11.7. The fourth-order valence-corrected chi connectivity index (χ4v) is 5.24. The third kappa shape index (κ3) is 6.60. The van der Waals surface area contributed by atoms with E-state index in [0.29, 0.717) is 0 Å². The maximum absolute atomic E-state index is 13.8. The van der Waals surface area contributed by atoms with Gasteiger partial charge in [0.1, 0.15) is 24.0 Å². The zero-order chi connectivity index (χ0) is 28.1. The Balaban J connectivity index is 1.86. The normalized spacial score (nSPS) is 25.3. The summed E-state index contributed by atoms with van der Waals surface area (Å²) < 4.78 is 36.6. The highest BCUT2D eigenvalue weighted by Gasteiger charge is 2.56. The number of carbonyl (C=O) groups excluding carboxylic acids is 1. The highest BCUT2D eigenvalue weighted by Crippen LogP contribution is 2.47. The van der Waals surface area contributed by atoms with Gasteiger partial charge in [-0.25, -0.2) is 9.36 Å². The van der Waals surface area contributed by atoms with Crippen LogP contribution in [-0.4, -0.2) is 62.3 Å². The van der Waals surface area contributed by atoms with Crippen molar-refractivity contribution in [3.8, 4) is 18.1 Å². The standard InChI is InChI=1S/C24H30N3O10P/c1-5-17(21(30)35-15(3)4)26-38(33,37-16-10-8-7-9-11-16)34-14-18-20(29)24(32,6-2)22(36-18)27-13-12-19(28)25-23(27)31/h2,7-13,15,17-18,20,22,29,32H,5,14H2,1,3-4H3,(H,26,33)(H,25,28,31). The Morgan fingerprint density at radius 1 is 1.32 bits per heavy atom. The Labute approximate surface area is 218 Å². The highest BCUT2D eigenvalue weighted by molar-refractivity contribution is 7.52. The van der Waals surface area contributed by atoms with Crippen LogP contribution in [0.3, 0.4) is 0 Å². The molecule has 1 aliphatic rings. The molecule has 6 unspecified atom stereocenters. The number of para-hydroxylation sites is 1. The number of hydrogen-bond donors (Lipinski definition) is 4. The molecule has 0 saturated carbocycles. The van der Waals surface area contributed by atoms with Crippen LogP contribution >= 0.6 is 7.75 Å². The molecular formula is C24H30N3O10P. The van der Waals surface area contributed by atoms with E-state index >= 15 is 0 Å². The molecule has 6 atom stereocenters. The number of aliphatic hydroxyl groups is 2. The van der Waals surface area contributed by atoms with Crippen molar-refractivity contribution in [3.05, 3.63) is 63.4 Å². The predicted octanol–water partition coefficient (Wildman–Crippen LogP) is 0.683. The Hall–Kier alpha value is -3.24. The number of rotatable bonds is 11. The lowest BCUT2D eigenvalue weighted by Gasteiger charge is -2.26. The van der Waals surface area contributed by atoms with Crippen LogP contribution in [0.15, 0.2) is 52.2 Å². The summed E-state index contributed by atoms with van der Waals surface area (Å²) in [4.78, 5) is 38.2. The van der Waals surface area contributed by atoms with Crippen LogP contribution < -0.4 is 20.9 Å². The fourth-order valence-electron chi connectivity index (χ4n) is 3.65. The third-order valence-electron chi connectivity index (χ3n) is 5.55. The number of ether oxygens (including phenoxy) is 2. The highest BCUT2D eigenvalue weighted by atomic mass is 31.2. The van der Waals surface area contributed by atoms with Gasteiger partial charge in [-0.1, -0.05) is 31.0 Å². The van der Waals surface area contributed by atoms with Crippen molar-refractivity contribution in [2.75, 3.05) is 6.61 Å². The summed E-state index contributed by atoms with van der Waals surface area (Å²) in [5.74, 6) is 1.49. The minimum atomic E-state index is -4.34. The van der Waals surface area contributed by atoms with Crippen LogP contribution in [0.25, 0.3) is 0 Å². The second-order valence-corrected chi connectivity index (χ2v) is 10.4. The molecule has 1 aromatic carbocycles. The minimum absolute atomic E-state index is 0.154. The molecule has 0 amide bonds. The number of nitrogens with one attached hydrogen (secondary N) is 2. The van der Waals surface area contributed by atoms with Crippen LogP contribution in [0.5, 0.6) is 5.75 Å². The van der Waals surface area contributed by atoms with Crippen molar-refractivity contribution in [2.24, 2.45) is 0 Å². The van der Waals surface area contributed by atoms with Crippen molar-refractivity contribution in [1.82, 2.24) is 14.6 Å². The number of aromatic amines is 1. The number of aromatic nitrogens is 2. The summed E-state index contributed by atoms with van der Waals surface area (Å²) in [5.41, 5.74) is -4.06. The molecule has 0 spiro atoms. The van der Waals surface area contributed by atoms with Crippen LogP contribution in [0.1, 0.15) is 33.4 Å². The van der Waals surface area contributed by atoms with Gasteiger partial charge in [0.25, 0.3) is 5.56 Å². The molecule has 38 heavy (non-hydrogen) atoms. The quantitative estimate of drug-likeness (QED) is 0.175. The second kappa shape index (κ2) is 12.1. The second-order valence-electron chi connectivity index (χ2n) is 8.73. The first-order chi connectivity index (χ1) is 17.9. The molecule has 0 aliphatic carbocycles. The first kappa shape index (κ1) is 29.3. The van der Waals surface area contributed by atoms with Crippen LogP contribution in [0.4, 0.5) is 0 Å². The van der Waals surface area contributed by atoms with E-state index in [-0.39, 0.29) is 12.2 Å². The van der Waals surface area contributed by atoms with Gasteiger partial charge in [0.05, 0.1) is 12.7 Å². The SMILES string of the molecule is C#CC1(O)C(O)C(COP(=O)(NC(CC)C(=O)OC(C)C)Oc2ccccc2)OC1n1ccc(=O)[nH]c1=O. The van der Waals surface area contributed by atoms with E-state index in [2.05, 4.69) is 5.09 Å². The van der Waals surface area contributed by atoms with E-state index < -0.39 is 67.8 Å². The average Bonchev–Trinajstić information content (AvgIpc) is 3.12.